The van der Waals surface area contributed by atoms with Crippen LogP contribution in [0.2, 0.25) is 0 Å². The van der Waals surface area contributed by atoms with Crippen LogP contribution in [0.4, 0.5) is 5.69 Å². The standard InChI is InChI=1S/C19H22N2O4S/c1-13(12-25-17-10-5-4-9-16(17)23-2)20-19(26)21-15-8-6-7-14(11-15)18(22)24-3/h4-11,13H,12H2,1-3H3,(H2,20,21,26). The van der Waals surface area contributed by atoms with E-state index in [4.69, 9.17) is 26.4 Å². The molecule has 1 unspecified atom stereocenters. The summed E-state index contributed by atoms with van der Waals surface area (Å²) in [5.74, 6) is 0.958. The summed E-state index contributed by atoms with van der Waals surface area (Å²) in [5.41, 5.74) is 1.15. The number of benzene rings is 2. The Morgan fingerprint density at radius 1 is 1.12 bits per heavy atom. The van der Waals surface area contributed by atoms with Crippen LogP contribution < -0.4 is 20.1 Å². The summed E-state index contributed by atoms with van der Waals surface area (Å²) in [6.45, 7) is 2.36. The van der Waals surface area contributed by atoms with E-state index in [0.29, 0.717) is 34.5 Å². The first kappa shape index (κ1) is 19.5. The molecule has 2 aromatic rings. The molecule has 0 aliphatic rings. The minimum absolute atomic E-state index is 0.0382. The van der Waals surface area contributed by atoms with Crippen LogP contribution in [0.3, 0.4) is 0 Å². The second-order valence-corrected chi connectivity index (χ2v) is 5.94. The highest BCUT2D eigenvalue weighted by molar-refractivity contribution is 7.80. The van der Waals surface area contributed by atoms with E-state index in [2.05, 4.69) is 10.6 Å². The lowest BCUT2D eigenvalue weighted by molar-refractivity contribution is 0.0601. The van der Waals surface area contributed by atoms with Crippen molar-refractivity contribution >= 4 is 29.0 Å². The van der Waals surface area contributed by atoms with Crippen LogP contribution >= 0.6 is 12.2 Å². The van der Waals surface area contributed by atoms with Gasteiger partial charge in [-0.25, -0.2) is 4.79 Å². The van der Waals surface area contributed by atoms with Crippen LogP contribution in [-0.4, -0.2) is 38.0 Å². The van der Waals surface area contributed by atoms with Crippen molar-refractivity contribution in [1.82, 2.24) is 5.32 Å². The number of carbonyl (C=O) groups excluding carboxylic acids is 1. The molecule has 2 rings (SSSR count). The first-order chi connectivity index (χ1) is 12.5. The van der Waals surface area contributed by atoms with Crippen LogP contribution in [0.5, 0.6) is 11.5 Å². The molecule has 2 N–H and O–H groups in total. The Bertz CT molecular complexity index is 767. The van der Waals surface area contributed by atoms with Crippen LogP contribution in [0.15, 0.2) is 48.5 Å². The lowest BCUT2D eigenvalue weighted by Crippen LogP contribution is -2.39. The van der Waals surface area contributed by atoms with E-state index in [1.807, 2.05) is 37.3 Å². The van der Waals surface area contributed by atoms with Crippen molar-refractivity contribution in [3.63, 3.8) is 0 Å². The van der Waals surface area contributed by atoms with E-state index in [1.54, 1.807) is 25.3 Å². The smallest absolute Gasteiger partial charge is 0.337 e. The first-order valence-corrected chi connectivity index (χ1v) is 8.46. The van der Waals surface area contributed by atoms with Gasteiger partial charge in [0.05, 0.1) is 25.8 Å². The Kier molecular flexibility index (Phi) is 7.23. The number of ether oxygens (including phenoxy) is 3. The summed E-state index contributed by atoms with van der Waals surface area (Å²) in [5, 5.41) is 6.62. The highest BCUT2D eigenvalue weighted by Crippen LogP contribution is 2.25. The van der Waals surface area contributed by atoms with Crippen LogP contribution in [0.1, 0.15) is 17.3 Å². The SMILES string of the molecule is COC(=O)c1cccc(NC(=S)NC(C)COc2ccccc2OC)c1. The zero-order chi connectivity index (χ0) is 18.9. The Morgan fingerprint density at radius 2 is 1.85 bits per heavy atom. The Balaban J connectivity index is 1.86. The molecule has 0 saturated heterocycles. The number of para-hydroxylation sites is 2. The number of nitrogens with one attached hydrogen (secondary N) is 2. The molecule has 26 heavy (non-hydrogen) atoms. The van der Waals surface area contributed by atoms with E-state index in [1.165, 1.54) is 7.11 Å². The predicted molar refractivity (Wildman–Crippen MR) is 105 cm³/mol. The van der Waals surface area contributed by atoms with Gasteiger partial charge in [0.1, 0.15) is 6.61 Å². The molecule has 0 aromatic heterocycles. The van der Waals surface area contributed by atoms with Gasteiger partial charge in [-0.3, -0.25) is 0 Å². The topological polar surface area (TPSA) is 68.8 Å². The number of hydrogen-bond donors (Lipinski definition) is 2. The van der Waals surface area contributed by atoms with Crippen molar-refractivity contribution in [1.29, 1.82) is 0 Å². The molecule has 138 valence electrons. The first-order valence-electron chi connectivity index (χ1n) is 8.05. The Labute approximate surface area is 158 Å². The minimum atomic E-state index is -0.397. The quantitative estimate of drug-likeness (QED) is 0.570. The fourth-order valence-corrected chi connectivity index (χ4v) is 2.55. The number of esters is 1. The van der Waals surface area contributed by atoms with Gasteiger partial charge in [0.2, 0.25) is 0 Å². The highest BCUT2D eigenvalue weighted by atomic mass is 32.1. The molecular weight excluding hydrogens is 352 g/mol. The fourth-order valence-electron chi connectivity index (χ4n) is 2.23. The van der Waals surface area contributed by atoms with E-state index >= 15 is 0 Å². The number of anilines is 1. The van der Waals surface area contributed by atoms with Gasteiger partial charge in [-0.1, -0.05) is 18.2 Å². The molecule has 0 fully saturated rings. The second kappa shape index (κ2) is 9.62. The normalized spacial score (nSPS) is 11.2. The zero-order valence-corrected chi connectivity index (χ0v) is 15.8. The van der Waals surface area contributed by atoms with Gasteiger partial charge in [0.15, 0.2) is 16.6 Å². The van der Waals surface area contributed by atoms with Crippen LogP contribution in [0.25, 0.3) is 0 Å². The van der Waals surface area contributed by atoms with Crippen LogP contribution in [0, 0.1) is 0 Å². The number of methoxy groups -OCH3 is 2. The molecule has 0 spiro atoms. The highest BCUT2D eigenvalue weighted by Gasteiger charge is 2.10. The summed E-state index contributed by atoms with van der Waals surface area (Å²) < 4.78 is 15.7. The van der Waals surface area contributed by atoms with E-state index in [-0.39, 0.29) is 6.04 Å². The summed E-state index contributed by atoms with van der Waals surface area (Å²) >= 11 is 5.31. The molecule has 6 nitrogen and oxygen atoms in total. The molecular formula is C19H22N2O4S. The maximum absolute atomic E-state index is 11.6. The molecule has 0 aliphatic heterocycles. The molecule has 0 aliphatic carbocycles. The molecule has 7 heteroatoms. The molecule has 0 heterocycles. The molecule has 0 saturated carbocycles. The summed E-state index contributed by atoms with van der Waals surface area (Å²) in [6.07, 6.45) is 0. The fraction of sp³-hybridized carbons (Fsp3) is 0.263. The van der Waals surface area contributed by atoms with Gasteiger partial charge < -0.3 is 24.8 Å². The zero-order valence-electron chi connectivity index (χ0n) is 14.9. The van der Waals surface area contributed by atoms with Gasteiger partial charge in [0.25, 0.3) is 0 Å². The lowest BCUT2D eigenvalue weighted by atomic mass is 10.2. The summed E-state index contributed by atoms with van der Waals surface area (Å²) in [4.78, 5) is 11.6. The van der Waals surface area contributed by atoms with Gasteiger partial charge in [0, 0.05) is 5.69 Å². The monoisotopic (exact) mass is 374 g/mol. The van der Waals surface area contributed by atoms with E-state index < -0.39 is 5.97 Å². The van der Waals surface area contributed by atoms with Gasteiger partial charge in [-0.2, -0.15) is 0 Å². The Hall–Kier alpha value is -2.80. The molecule has 2 aromatic carbocycles. The van der Waals surface area contributed by atoms with Crippen molar-refractivity contribution in [2.24, 2.45) is 0 Å². The Morgan fingerprint density at radius 3 is 2.54 bits per heavy atom. The van der Waals surface area contributed by atoms with Gasteiger partial charge in [-0.05, 0) is 49.5 Å². The third-order valence-corrected chi connectivity index (χ3v) is 3.70. The van der Waals surface area contributed by atoms with Crippen molar-refractivity contribution in [2.45, 2.75) is 13.0 Å². The maximum atomic E-state index is 11.6. The van der Waals surface area contributed by atoms with Crippen molar-refractivity contribution < 1.29 is 19.0 Å². The minimum Gasteiger partial charge on any atom is -0.493 e. The molecule has 0 radical (unpaired) electrons. The van der Waals surface area contributed by atoms with Gasteiger partial charge in [-0.15, -0.1) is 0 Å². The average Bonchev–Trinajstić information content (AvgIpc) is 2.66. The summed E-state index contributed by atoms with van der Waals surface area (Å²) in [7, 11) is 2.95. The van der Waals surface area contributed by atoms with Crippen molar-refractivity contribution in [3.8, 4) is 11.5 Å². The van der Waals surface area contributed by atoms with Crippen LogP contribution in [-0.2, 0) is 4.74 Å². The van der Waals surface area contributed by atoms with E-state index in [0.717, 1.165) is 0 Å². The summed E-state index contributed by atoms with van der Waals surface area (Å²) in [6, 6.07) is 14.3. The number of carbonyl (C=O) groups is 1. The molecule has 0 amide bonds. The van der Waals surface area contributed by atoms with Crippen molar-refractivity contribution in [2.75, 3.05) is 26.1 Å². The lowest BCUT2D eigenvalue weighted by Gasteiger charge is -2.18. The third kappa shape index (κ3) is 5.63. The van der Waals surface area contributed by atoms with Gasteiger partial charge >= 0.3 is 5.97 Å². The second-order valence-electron chi connectivity index (χ2n) is 5.53. The largest absolute Gasteiger partial charge is 0.493 e. The molecule has 0 bridgehead atoms. The van der Waals surface area contributed by atoms with E-state index in [9.17, 15) is 4.79 Å². The third-order valence-electron chi connectivity index (χ3n) is 3.48. The maximum Gasteiger partial charge on any atom is 0.337 e. The van der Waals surface area contributed by atoms with Crippen molar-refractivity contribution in [3.05, 3.63) is 54.1 Å². The average molecular weight is 374 g/mol. The number of thiocarbonyl (C=S) groups is 1. The predicted octanol–water partition coefficient (Wildman–Crippen LogP) is 3.24. The molecule has 1 atom stereocenters. The number of rotatable bonds is 7. The number of hydrogen-bond acceptors (Lipinski definition) is 5.